The number of benzene rings is 10. The highest BCUT2D eigenvalue weighted by Crippen LogP contribution is 2.43. The Balaban J connectivity index is 1.03. The molecular weight excluding hydrogens is 827 g/mol. The van der Waals surface area contributed by atoms with Crippen LogP contribution in [0.3, 0.4) is 0 Å². The van der Waals surface area contributed by atoms with E-state index in [1.807, 2.05) is 24.3 Å². The zero-order valence-electron chi connectivity index (χ0n) is 36.9. The van der Waals surface area contributed by atoms with Crippen LogP contribution in [0, 0.1) is 0 Å². The van der Waals surface area contributed by atoms with Crippen molar-refractivity contribution in [1.82, 2.24) is 24.1 Å². The molecule has 68 heavy (non-hydrogen) atoms. The first-order valence-corrected chi connectivity index (χ1v) is 23.0. The van der Waals surface area contributed by atoms with Gasteiger partial charge in [-0.1, -0.05) is 224 Å². The predicted octanol–water partition coefficient (Wildman–Crippen LogP) is 16.1. The fourth-order valence-electron chi connectivity index (χ4n) is 9.98. The second kappa shape index (κ2) is 16.4. The van der Waals surface area contributed by atoms with Crippen molar-refractivity contribution in [1.29, 1.82) is 0 Å². The Morgan fingerprint density at radius 1 is 0.250 bits per heavy atom. The summed E-state index contributed by atoms with van der Waals surface area (Å²) in [7, 11) is 0. The molecule has 0 saturated carbocycles. The fourth-order valence-corrected chi connectivity index (χ4v) is 9.98. The minimum Gasteiger partial charge on any atom is -0.307 e. The van der Waals surface area contributed by atoms with E-state index in [0.717, 1.165) is 77.3 Å². The van der Waals surface area contributed by atoms with Gasteiger partial charge in [-0.05, 0) is 63.2 Å². The first-order chi connectivity index (χ1) is 33.7. The van der Waals surface area contributed by atoms with Gasteiger partial charge < -0.3 is 4.57 Å². The molecule has 0 unspecified atom stereocenters. The maximum absolute atomic E-state index is 5.39. The Labute approximate surface area is 393 Å². The van der Waals surface area contributed by atoms with Gasteiger partial charge in [-0.15, -0.1) is 0 Å². The van der Waals surface area contributed by atoms with E-state index in [0.29, 0.717) is 17.6 Å². The molecule has 3 heterocycles. The lowest BCUT2D eigenvalue weighted by molar-refractivity contribution is 0.953. The Morgan fingerprint density at radius 3 is 1.25 bits per heavy atom. The van der Waals surface area contributed by atoms with Gasteiger partial charge in [0.15, 0.2) is 11.6 Å². The number of fused-ring (bicyclic) bond motifs is 7. The van der Waals surface area contributed by atoms with Gasteiger partial charge in [-0.25, -0.2) is 4.98 Å². The summed E-state index contributed by atoms with van der Waals surface area (Å²) in [6.07, 6.45) is 0. The largest absolute Gasteiger partial charge is 0.307 e. The Hall–Kier alpha value is -9.19. The molecule has 3 aromatic heterocycles. The average Bonchev–Trinajstić information content (AvgIpc) is 3.95. The molecule has 0 aliphatic carbocycles. The highest BCUT2D eigenvalue weighted by atomic mass is 15.2. The molecule has 0 radical (unpaired) electrons. The third-order valence-electron chi connectivity index (χ3n) is 13.2. The van der Waals surface area contributed by atoms with E-state index in [2.05, 4.69) is 234 Å². The molecule has 0 fully saturated rings. The van der Waals surface area contributed by atoms with Crippen molar-refractivity contribution in [3.8, 4) is 78.9 Å². The quantitative estimate of drug-likeness (QED) is 0.153. The summed E-state index contributed by atoms with van der Waals surface area (Å²) in [5.41, 5.74) is 16.5. The Morgan fingerprint density at radius 2 is 0.647 bits per heavy atom. The van der Waals surface area contributed by atoms with Crippen molar-refractivity contribution in [3.05, 3.63) is 249 Å². The SMILES string of the molecule is c1ccc(-c2ccc(-c3nc(-c4ccccc4)nc(-n4c5ccccc5c5ccc6c7ccccc7n(-c7ccccc7-c7ccc(-c8cccc(-c9ccccc9)c8)cc7)c6c54)n3)cc2)cc1. The van der Waals surface area contributed by atoms with Crippen LogP contribution in [0.4, 0.5) is 0 Å². The number of nitrogens with zero attached hydrogens (tertiary/aromatic N) is 5. The second-order valence-electron chi connectivity index (χ2n) is 17.2. The molecule has 13 aromatic rings. The standard InChI is InChI=1S/C63H41N5/c1-4-17-42(18-5-1)44-33-37-48(38-34-44)62-64-61(47-21-8-3-9-22-47)65-63(66-62)68-58-30-15-12-27-53(58)55-40-39-54-52-26-11-14-29-57(52)67(59(54)60(55)68)56-28-13-10-25-51(56)46-35-31-45(32-36-46)50-24-16-23-49(41-50)43-19-6-2-7-20-43/h1-41H. The van der Waals surface area contributed by atoms with Gasteiger partial charge in [0, 0.05) is 38.2 Å². The zero-order valence-corrected chi connectivity index (χ0v) is 36.9. The van der Waals surface area contributed by atoms with Gasteiger partial charge in [-0.3, -0.25) is 4.57 Å². The van der Waals surface area contributed by atoms with Crippen LogP contribution in [0.1, 0.15) is 0 Å². The van der Waals surface area contributed by atoms with Crippen LogP contribution in [0.5, 0.6) is 0 Å². The smallest absolute Gasteiger partial charge is 0.238 e. The van der Waals surface area contributed by atoms with Gasteiger partial charge in [0.1, 0.15) is 0 Å². The van der Waals surface area contributed by atoms with Gasteiger partial charge in [0.2, 0.25) is 5.95 Å². The Bertz CT molecular complexity index is 3980. The molecule has 0 bridgehead atoms. The highest BCUT2D eigenvalue weighted by Gasteiger charge is 2.24. The summed E-state index contributed by atoms with van der Waals surface area (Å²) in [6, 6.07) is 88.2. The summed E-state index contributed by atoms with van der Waals surface area (Å²) < 4.78 is 4.72. The number of para-hydroxylation sites is 3. The normalized spacial score (nSPS) is 11.5. The van der Waals surface area contributed by atoms with Gasteiger partial charge in [0.25, 0.3) is 0 Å². The lowest BCUT2D eigenvalue weighted by atomic mass is 9.96. The van der Waals surface area contributed by atoms with Gasteiger partial charge in [-0.2, -0.15) is 9.97 Å². The Kier molecular flexibility index (Phi) is 9.43. The first-order valence-electron chi connectivity index (χ1n) is 23.0. The first kappa shape index (κ1) is 39.2. The van der Waals surface area contributed by atoms with Crippen molar-refractivity contribution in [2.75, 3.05) is 0 Å². The molecule has 5 nitrogen and oxygen atoms in total. The third kappa shape index (κ3) is 6.68. The molecule has 10 aromatic carbocycles. The molecule has 13 rings (SSSR count). The van der Waals surface area contributed by atoms with E-state index in [9.17, 15) is 0 Å². The number of aromatic nitrogens is 5. The number of rotatable bonds is 8. The molecule has 0 aliphatic heterocycles. The summed E-state index contributed by atoms with van der Waals surface area (Å²) in [6.45, 7) is 0. The summed E-state index contributed by atoms with van der Waals surface area (Å²) in [4.78, 5) is 15.9. The maximum Gasteiger partial charge on any atom is 0.238 e. The van der Waals surface area contributed by atoms with Crippen LogP contribution in [-0.4, -0.2) is 24.1 Å². The summed E-state index contributed by atoms with van der Waals surface area (Å²) in [5, 5.41) is 4.56. The van der Waals surface area contributed by atoms with Crippen LogP contribution in [0.2, 0.25) is 0 Å². The van der Waals surface area contributed by atoms with Crippen molar-refractivity contribution < 1.29 is 0 Å². The van der Waals surface area contributed by atoms with Gasteiger partial charge in [0.05, 0.1) is 27.8 Å². The molecule has 5 heteroatoms. The lowest BCUT2D eigenvalue weighted by Gasteiger charge is -2.16. The minimum atomic E-state index is 0.553. The lowest BCUT2D eigenvalue weighted by Crippen LogP contribution is -2.07. The zero-order chi connectivity index (χ0) is 45.0. The molecule has 0 spiro atoms. The molecule has 318 valence electrons. The van der Waals surface area contributed by atoms with E-state index in [-0.39, 0.29) is 0 Å². The molecular formula is C63H41N5. The van der Waals surface area contributed by atoms with Crippen LogP contribution in [-0.2, 0) is 0 Å². The van der Waals surface area contributed by atoms with Crippen LogP contribution < -0.4 is 0 Å². The minimum absolute atomic E-state index is 0.553. The third-order valence-corrected chi connectivity index (χ3v) is 13.2. The van der Waals surface area contributed by atoms with Crippen LogP contribution >= 0.6 is 0 Å². The topological polar surface area (TPSA) is 48.5 Å². The monoisotopic (exact) mass is 867 g/mol. The van der Waals surface area contributed by atoms with Crippen molar-refractivity contribution in [2.24, 2.45) is 0 Å². The molecule has 0 N–H and O–H groups in total. The molecule has 0 amide bonds. The average molecular weight is 868 g/mol. The van der Waals surface area contributed by atoms with Crippen molar-refractivity contribution in [2.45, 2.75) is 0 Å². The van der Waals surface area contributed by atoms with Crippen LogP contribution in [0.15, 0.2) is 249 Å². The van der Waals surface area contributed by atoms with E-state index in [1.165, 1.54) is 27.6 Å². The summed E-state index contributed by atoms with van der Waals surface area (Å²) in [5.74, 6) is 1.77. The number of hydrogen-bond donors (Lipinski definition) is 0. The van der Waals surface area contributed by atoms with E-state index >= 15 is 0 Å². The second-order valence-corrected chi connectivity index (χ2v) is 17.2. The van der Waals surface area contributed by atoms with E-state index in [4.69, 9.17) is 15.0 Å². The van der Waals surface area contributed by atoms with Crippen molar-refractivity contribution >= 4 is 43.6 Å². The summed E-state index contributed by atoms with van der Waals surface area (Å²) >= 11 is 0. The fraction of sp³-hybridized carbons (Fsp3) is 0. The predicted molar refractivity (Wildman–Crippen MR) is 281 cm³/mol. The van der Waals surface area contributed by atoms with E-state index < -0.39 is 0 Å². The molecule has 0 atom stereocenters. The highest BCUT2D eigenvalue weighted by molar-refractivity contribution is 6.24. The van der Waals surface area contributed by atoms with Gasteiger partial charge >= 0.3 is 0 Å². The molecule has 0 saturated heterocycles. The van der Waals surface area contributed by atoms with Crippen molar-refractivity contribution in [3.63, 3.8) is 0 Å². The maximum atomic E-state index is 5.39. The van der Waals surface area contributed by atoms with E-state index in [1.54, 1.807) is 0 Å². The number of hydrogen-bond acceptors (Lipinski definition) is 3. The van der Waals surface area contributed by atoms with Crippen LogP contribution in [0.25, 0.3) is 123 Å². The molecule has 0 aliphatic rings.